The molecule has 2 rings (SSSR count). The van der Waals surface area contributed by atoms with Crippen LogP contribution in [-0.2, 0) is 0 Å². The Morgan fingerprint density at radius 1 is 1.18 bits per heavy atom. The summed E-state index contributed by atoms with van der Waals surface area (Å²) in [6, 6.07) is 3.93. The topological polar surface area (TPSA) is 97.0 Å². The van der Waals surface area contributed by atoms with Gasteiger partial charge in [-0.05, 0) is 12.1 Å². The molecule has 0 unspecified atom stereocenters. The maximum Gasteiger partial charge on any atom is 0.371 e. The van der Waals surface area contributed by atoms with E-state index in [-0.39, 0.29) is 22.7 Å². The molecule has 0 fully saturated rings. The van der Waals surface area contributed by atoms with Crippen molar-refractivity contribution >= 4 is 22.9 Å². The highest BCUT2D eigenvalue weighted by molar-refractivity contribution is 5.98. The summed E-state index contributed by atoms with van der Waals surface area (Å²) in [5, 5.41) is 18.1. The van der Waals surface area contributed by atoms with Gasteiger partial charge in [-0.3, -0.25) is 0 Å². The highest BCUT2D eigenvalue weighted by Gasteiger charge is 2.16. The molecule has 88 valence electrons. The average molecular weight is 236 g/mol. The van der Waals surface area contributed by atoms with Gasteiger partial charge in [0.15, 0.2) is 0 Å². The monoisotopic (exact) mass is 236 g/mol. The molecule has 0 aliphatic heterocycles. The summed E-state index contributed by atoms with van der Waals surface area (Å²) in [6.07, 6.45) is 0. The van der Waals surface area contributed by atoms with Gasteiger partial charge in [0, 0.05) is 11.5 Å². The molecule has 6 nitrogen and oxygen atoms in total. The van der Waals surface area contributed by atoms with Gasteiger partial charge < -0.3 is 19.4 Å². The average Bonchev–Trinajstić information content (AvgIpc) is 2.69. The van der Waals surface area contributed by atoms with Crippen molar-refractivity contribution in [2.45, 2.75) is 0 Å². The molecule has 2 N–H and O–H groups in total. The summed E-state index contributed by atoms with van der Waals surface area (Å²) in [7, 11) is 1.33. The van der Waals surface area contributed by atoms with Crippen LogP contribution in [0.3, 0.4) is 0 Å². The van der Waals surface area contributed by atoms with Crippen molar-refractivity contribution in [1.82, 2.24) is 0 Å². The smallest absolute Gasteiger partial charge is 0.371 e. The lowest BCUT2D eigenvalue weighted by atomic mass is 10.1. The number of furan rings is 1. The van der Waals surface area contributed by atoms with E-state index in [9.17, 15) is 9.59 Å². The lowest BCUT2D eigenvalue weighted by Crippen LogP contribution is -1.99. The van der Waals surface area contributed by atoms with E-state index in [0.717, 1.165) is 0 Å². The molecule has 2 aromatic rings. The molecule has 1 aromatic heterocycles. The van der Waals surface area contributed by atoms with E-state index >= 15 is 0 Å². The minimum absolute atomic E-state index is 0.0438. The first-order valence-electron chi connectivity index (χ1n) is 4.61. The Kier molecular flexibility index (Phi) is 2.47. The first-order valence-corrected chi connectivity index (χ1v) is 4.61. The number of aromatic carboxylic acids is 2. The molecule has 1 aromatic carbocycles. The Hall–Kier alpha value is -2.50. The normalized spacial score (nSPS) is 10.4. The Labute approximate surface area is 95.0 Å². The molecular weight excluding hydrogens is 228 g/mol. The maximum atomic E-state index is 10.9. The Morgan fingerprint density at radius 2 is 1.88 bits per heavy atom. The number of hydrogen-bond donors (Lipinski definition) is 2. The van der Waals surface area contributed by atoms with E-state index in [1.807, 2.05) is 0 Å². The number of benzene rings is 1. The largest absolute Gasteiger partial charge is 0.496 e. The van der Waals surface area contributed by atoms with E-state index in [1.54, 1.807) is 0 Å². The summed E-state index contributed by atoms with van der Waals surface area (Å²) in [6.45, 7) is 0. The lowest BCUT2D eigenvalue weighted by molar-refractivity contribution is 0.0661. The highest BCUT2D eigenvalue weighted by Crippen LogP contribution is 2.28. The van der Waals surface area contributed by atoms with Crippen LogP contribution in [0.5, 0.6) is 5.75 Å². The molecule has 0 amide bonds. The molecule has 0 saturated heterocycles. The standard InChI is InChI=1S/C11H8O6/c1-16-8-4-7-5(2-6(8)10(12)13)3-9(17-7)11(14)15/h2-4H,1H3,(H,12,13)(H,14,15). The Morgan fingerprint density at radius 3 is 2.41 bits per heavy atom. The van der Waals surface area contributed by atoms with Crippen LogP contribution in [0.1, 0.15) is 20.9 Å². The molecule has 0 aliphatic carbocycles. The van der Waals surface area contributed by atoms with Crippen LogP contribution < -0.4 is 4.74 Å². The number of ether oxygens (including phenoxy) is 1. The van der Waals surface area contributed by atoms with E-state index in [1.165, 1.54) is 25.3 Å². The van der Waals surface area contributed by atoms with Crippen LogP contribution in [0.25, 0.3) is 11.0 Å². The fraction of sp³-hybridized carbons (Fsp3) is 0.0909. The van der Waals surface area contributed by atoms with Crippen molar-refractivity contribution in [3.05, 3.63) is 29.5 Å². The zero-order valence-corrected chi connectivity index (χ0v) is 8.76. The number of rotatable bonds is 3. The first kappa shape index (κ1) is 11.0. The van der Waals surface area contributed by atoms with Gasteiger partial charge >= 0.3 is 11.9 Å². The summed E-state index contributed by atoms with van der Waals surface area (Å²) in [4.78, 5) is 21.6. The number of carboxylic acid groups (broad SMARTS) is 2. The predicted molar refractivity (Wildman–Crippen MR) is 56.7 cm³/mol. The molecule has 6 heteroatoms. The second kappa shape index (κ2) is 3.82. The van der Waals surface area contributed by atoms with Gasteiger partial charge in [0.25, 0.3) is 0 Å². The molecule has 17 heavy (non-hydrogen) atoms. The van der Waals surface area contributed by atoms with E-state index in [2.05, 4.69) is 0 Å². The van der Waals surface area contributed by atoms with Gasteiger partial charge in [0.05, 0.1) is 7.11 Å². The second-order valence-electron chi connectivity index (χ2n) is 3.31. The summed E-state index contributed by atoms with van der Waals surface area (Å²) < 4.78 is 9.93. The zero-order valence-electron chi connectivity index (χ0n) is 8.76. The van der Waals surface area contributed by atoms with Gasteiger partial charge in [-0.2, -0.15) is 0 Å². The number of carbonyl (C=O) groups is 2. The van der Waals surface area contributed by atoms with Crippen LogP contribution in [0.4, 0.5) is 0 Å². The van der Waals surface area contributed by atoms with Crippen molar-refractivity contribution in [1.29, 1.82) is 0 Å². The Bertz CT molecular complexity index is 610. The van der Waals surface area contributed by atoms with E-state index in [4.69, 9.17) is 19.4 Å². The number of carboxylic acids is 2. The van der Waals surface area contributed by atoms with Crippen LogP contribution in [0, 0.1) is 0 Å². The third-order valence-electron chi connectivity index (χ3n) is 2.28. The lowest BCUT2D eigenvalue weighted by Gasteiger charge is -2.03. The molecule has 0 saturated carbocycles. The highest BCUT2D eigenvalue weighted by atomic mass is 16.5. The molecule has 0 atom stereocenters. The maximum absolute atomic E-state index is 10.9. The van der Waals surface area contributed by atoms with Crippen molar-refractivity contribution in [3.63, 3.8) is 0 Å². The minimum atomic E-state index is -1.21. The van der Waals surface area contributed by atoms with Crippen molar-refractivity contribution in [3.8, 4) is 5.75 Å². The summed E-state index contributed by atoms with van der Waals surface area (Å²) >= 11 is 0. The molecule has 0 spiro atoms. The third kappa shape index (κ3) is 1.80. The fourth-order valence-electron chi connectivity index (χ4n) is 1.51. The van der Waals surface area contributed by atoms with Crippen molar-refractivity contribution < 1.29 is 29.0 Å². The minimum Gasteiger partial charge on any atom is -0.496 e. The van der Waals surface area contributed by atoms with Crippen LogP contribution >= 0.6 is 0 Å². The summed E-state index contributed by atoms with van der Waals surface area (Å²) in [5.74, 6) is -2.49. The molecule has 0 bridgehead atoms. The van der Waals surface area contributed by atoms with Crippen LogP contribution in [-0.4, -0.2) is 29.3 Å². The van der Waals surface area contributed by atoms with Crippen molar-refractivity contribution in [2.24, 2.45) is 0 Å². The van der Waals surface area contributed by atoms with E-state index < -0.39 is 11.9 Å². The van der Waals surface area contributed by atoms with Crippen LogP contribution in [0.15, 0.2) is 22.6 Å². The molecule has 1 heterocycles. The van der Waals surface area contributed by atoms with Crippen molar-refractivity contribution in [2.75, 3.05) is 7.11 Å². The molecular formula is C11H8O6. The SMILES string of the molecule is COc1cc2oc(C(=O)O)cc2cc1C(=O)O. The Balaban J connectivity index is 2.70. The molecule has 0 radical (unpaired) electrons. The number of fused-ring (bicyclic) bond motifs is 1. The predicted octanol–water partition coefficient (Wildman–Crippen LogP) is 1.84. The van der Waals surface area contributed by atoms with Gasteiger partial charge in [0.2, 0.25) is 5.76 Å². The first-order chi connectivity index (χ1) is 8.02. The molecule has 0 aliphatic rings. The van der Waals surface area contributed by atoms with Gasteiger partial charge in [-0.1, -0.05) is 0 Å². The second-order valence-corrected chi connectivity index (χ2v) is 3.31. The van der Waals surface area contributed by atoms with Gasteiger partial charge in [-0.15, -0.1) is 0 Å². The van der Waals surface area contributed by atoms with Gasteiger partial charge in [-0.25, -0.2) is 9.59 Å². The zero-order chi connectivity index (χ0) is 12.6. The number of hydrogen-bond acceptors (Lipinski definition) is 4. The third-order valence-corrected chi connectivity index (χ3v) is 2.28. The number of methoxy groups -OCH3 is 1. The fourth-order valence-corrected chi connectivity index (χ4v) is 1.51. The van der Waals surface area contributed by atoms with Gasteiger partial charge in [0.1, 0.15) is 16.9 Å². The quantitative estimate of drug-likeness (QED) is 0.843. The van der Waals surface area contributed by atoms with E-state index in [0.29, 0.717) is 5.39 Å². The van der Waals surface area contributed by atoms with Crippen LogP contribution in [0.2, 0.25) is 0 Å². The summed E-state index contributed by atoms with van der Waals surface area (Å²) in [5.41, 5.74) is 0.224.